The van der Waals surface area contributed by atoms with Crippen molar-refractivity contribution in [2.75, 3.05) is 0 Å². The monoisotopic (exact) mass is 548 g/mol. The predicted molar refractivity (Wildman–Crippen MR) is 161 cm³/mol. The maximum atomic E-state index is 14.2. The molecule has 1 N–H and O–H groups in total. The van der Waals surface area contributed by atoms with E-state index in [0.717, 1.165) is 62.5 Å². The third-order valence-electron chi connectivity index (χ3n) is 14.6. The number of carbonyl (C=O) groups excluding carboxylic acids is 1. The first-order chi connectivity index (χ1) is 19.7. The zero-order chi connectivity index (χ0) is 30.3. The molecule has 1 aromatic rings. The minimum Gasteiger partial charge on any atom is -0.460 e. The minimum absolute atomic E-state index is 0.0452. The van der Waals surface area contributed by atoms with Crippen LogP contribution in [0.25, 0.3) is 0 Å². The SMILES string of the molecule is [2H]C([2H])=C(C)[C@@H]1CC[C@]2(C(=O)OCc3ccccc3)CC[C@]3(C)[C@H](CC[C@@H]4[C@@]5(C)CC[C@H](O)C(C)(C)[C@@H]5CC[C@]43C)[C@@H]12. The number of esters is 1. The van der Waals surface area contributed by atoms with Gasteiger partial charge >= 0.3 is 5.97 Å². The van der Waals surface area contributed by atoms with Crippen LogP contribution in [0.15, 0.2) is 42.4 Å². The van der Waals surface area contributed by atoms with Gasteiger partial charge in [-0.3, -0.25) is 4.79 Å². The highest BCUT2D eigenvalue weighted by Crippen LogP contribution is 2.77. The third kappa shape index (κ3) is 3.74. The van der Waals surface area contributed by atoms with Gasteiger partial charge in [0, 0.05) is 0 Å². The molecule has 0 spiro atoms. The maximum absolute atomic E-state index is 14.2. The van der Waals surface area contributed by atoms with E-state index in [4.69, 9.17) is 7.48 Å². The lowest BCUT2D eigenvalue weighted by atomic mass is 9.32. The number of ether oxygens (including phenoxy) is 1. The molecule has 5 aliphatic carbocycles. The zero-order valence-corrected chi connectivity index (χ0v) is 25.9. The van der Waals surface area contributed by atoms with E-state index < -0.39 is 5.41 Å². The van der Waals surface area contributed by atoms with Crippen LogP contribution in [0.1, 0.15) is 114 Å². The second kappa shape index (κ2) is 9.45. The van der Waals surface area contributed by atoms with Crippen LogP contribution < -0.4 is 0 Å². The van der Waals surface area contributed by atoms with E-state index in [1.54, 1.807) is 0 Å². The second-order valence-corrected chi connectivity index (χ2v) is 16.1. The van der Waals surface area contributed by atoms with Crippen LogP contribution in [0.2, 0.25) is 0 Å². The molecule has 0 bridgehead atoms. The molecule has 0 radical (unpaired) electrons. The molecule has 220 valence electrons. The summed E-state index contributed by atoms with van der Waals surface area (Å²) in [5.41, 5.74) is 1.75. The number of aliphatic hydroxyl groups excluding tert-OH is 1. The Morgan fingerprint density at radius 1 is 0.925 bits per heavy atom. The van der Waals surface area contributed by atoms with E-state index in [0.29, 0.717) is 24.4 Å². The fourth-order valence-corrected chi connectivity index (χ4v) is 12.3. The summed E-state index contributed by atoms with van der Waals surface area (Å²) in [5, 5.41) is 11.0. The molecule has 6 rings (SSSR count). The molecule has 0 unspecified atom stereocenters. The second-order valence-electron chi connectivity index (χ2n) is 16.1. The number of benzene rings is 1. The summed E-state index contributed by atoms with van der Waals surface area (Å²) in [6.07, 6.45) is 9.97. The van der Waals surface area contributed by atoms with Gasteiger partial charge in [0.2, 0.25) is 0 Å². The Labute approximate surface area is 246 Å². The number of rotatable bonds is 4. The van der Waals surface area contributed by atoms with E-state index >= 15 is 0 Å². The van der Waals surface area contributed by atoms with Crippen molar-refractivity contribution >= 4 is 5.97 Å². The fraction of sp³-hybridized carbons (Fsp3) is 0.757. The van der Waals surface area contributed by atoms with E-state index in [9.17, 15) is 9.90 Å². The van der Waals surface area contributed by atoms with E-state index in [1.807, 2.05) is 37.3 Å². The van der Waals surface area contributed by atoms with Gasteiger partial charge in [-0.15, -0.1) is 0 Å². The lowest BCUT2D eigenvalue weighted by molar-refractivity contribution is -0.248. The molecule has 0 amide bonds. The van der Waals surface area contributed by atoms with Gasteiger partial charge in [-0.2, -0.15) is 0 Å². The lowest BCUT2D eigenvalue weighted by Gasteiger charge is -2.72. The summed E-state index contributed by atoms with van der Waals surface area (Å²) in [7, 11) is 0. The van der Waals surface area contributed by atoms with Gasteiger partial charge in [-0.05, 0) is 128 Å². The predicted octanol–water partition coefficient (Wildman–Crippen LogP) is 8.75. The van der Waals surface area contributed by atoms with E-state index in [-0.39, 0.29) is 52.1 Å². The molecule has 10 atom stereocenters. The van der Waals surface area contributed by atoms with Gasteiger partial charge < -0.3 is 9.84 Å². The van der Waals surface area contributed by atoms with Crippen LogP contribution in [-0.4, -0.2) is 17.2 Å². The Balaban J connectivity index is 1.36. The first-order valence-corrected chi connectivity index (χ1v) is 16.3. The van der Waals surface area contributed by atoms with Gasteiger partial charge in [0.05, 0.1) is 14.3 Å². The third-order valence-corrected chi connectivity index (χ3v) is 14.6. The van der Waals surface area contributed by atoms with Gasteiger partial charge in [0.1, 0.15) is 6.61 Å². The Morgan fingerprint density at radius 3 is 2.40 bits per heavy atom. The number of hydrogen-bond donors (Lipinski definition) is 1. The number of allylic oxidation sites excluding steroid dienone is 1. The molecule has 3 nitrogen and oxygen atoms in total. The zero-order valence-electron chi connectivity index (χ0n) is 27.9. The first kappa shape index (κ1) is 26.1. The Morgan fingerprint density at radius 2 is 1.68 bits per heavy atom. The Kier molecular flexibility index (Phi) is 6.15. The molecule has 5 saturated carbocycles. The standard InChI is InChI=1S/C37H54O3/c1-24(2)26-15-20-37(32(39)40-23-25-11-9-8-10-12-25)22-21-35(6)27(31(26)37)13-14-29-34(5)18-17-30(38)33(3,4)28(34)16-19-36(29,35)7/h8-12,26-31,38H,1,13-23H2,2-7H3/t26-,27+,28-,29+,30-,31+,34-,35+,36+,37-/m0/s1/i1D2. The summed E-state index contributed by atoms with van der Waals surface area (Å²) < 4.78 is 22.7. The van der Waals surface area contributed by atoms with Crippen LogP contribution in [-0.2, 0) is 16.1 Å². The minimum atomic E-state index is -0.526. The molecule has 0 aliphatic heterocycles. The molecule has 0 saturated heterocycles. The Hall–Kier alpha value is -1.61. The first-order valence-electron chi connectivity index (χ1n) is 17.3. The van der Waals surface area contributed by atoms with Crippen molar-refractivity contribution in [3.8, 4) is 0 Å². The Bertz CT molecular complexity index is 1240. The fourth-order valence-electron chi connectivity index (χ4n) is 12.3. The number of aliphatic hydroxyl groups is 1. The molecule has 0 aromatic heterocycles. The van der Waals surface area contributed by atoms with Gasteiger partial charge in [0.25, 0.3) is 0 Å². The summed E-state index contributed by atoms with van der Waals surface area (Å²) in [4.78, 5) is 14.2. The van der Waals surface area contributed by atoms with E-state index in [1.165, 1.54) is 12.8 Å². The summed E-state index contributed by atoms with van der Waals surface area (Å²) >= 11 is 0. The van der Waals surface area contributed by atoms with Crippen LogP contribution in [0.4, 0.5) is 0 Å². The largest absolute Gasteiger partial charge is 0.460 e. The molecule has 40 heavy (non-hydrogen) atoms. The summed E-state index contributed by atoms with van der Waals surface area (Å²) in [6.45, 7) is 14.5. The normalized spacial score (nSPS) is 47.9. The maximum Gasteiger partial charge on any atom is 0.312 e. The topological polar surface area (TPSA) is 46.5 Å². The van der Waals surface area contributed by atoms with Gasteiger partial charge in [-0.25, -0.2) is 0 Å². The lowest BCUT2D eigenvalue weighted by Crippen LogP contribution is -2.67. The van der Waals surface area contributed by atoms with Gasteiger partial charge in [0.15, 0.2) is 0 Å². The highest BCUT2D eigenvalue weighted by Gasteiger charge is 2.72. The molecular formula is C37H54O3. The van der Waals surface area contributed by atoms with Crippen LogP contribution >= 0.6 is 0 Å². The number of fused-ring (bicyclic) bond motifs is 7. The number of carbonyl (C=O) groups is 1. The van der Waals surface area contributed by atoms with Crippen LogP contribution in [0.3, 0.4) is 0 Å². The van der Waals surface area contributed by atoms with Crippen LogP contribution in [0.5, 0.6) is 0 Å². The average Bonchev–Trinajstić information content (AvgIpc) is 3.35. The quantitative estimate of drug-likeness (QED) is 0.302. The van der Waals surface area contributed by atoms with E-state index in [2.05, 4.69) is 34.6 Å². The van der Waals surface area contributed by atoms with Crippen molar-refractivity contribution in [2.45, 2.75) is 118 Å². The van der Waals surface area contributed by atoms with Gasteiger partial charge in [-0.1, -0.05) is 77.1 Å². The summed E-state index contributed by atoms with van der Waals surface area (Å²) in [5.74, 6) is 1.69. The molecule has 0 heterocycles. The molecule has 1 aromatic carbocycles. The number of hydrogen-bond acceptors (Lipinski definition) is 3. The van der Waals surface area contributed by atoms with Crippen molar-refractivity contribution in [1.29, 1.82) is 0 Å². The molecule has 3 heteroatoms. The van der Waals surface area contributed by atoms with Crippen molar-refractivity contribution < 1.29 is 17.4 Å². The molecule has 5 fully saturated rings. The van der Waals surface area contributed by atoms with Crippen molar-refractivity contribution in [1.82, 2.24) is 0 Å². The van der Waals surface area contributed by atoms with Crippen molar-refractivity contribution in [3.05, 3.63) is 48.0 Å². The smallest absolute Gasteiger partial charge is 0.312 e. The highest BCUT2D eigenvalue weighted by atomic mass is 16.5. The van der Waals surface area contributed by atoms with Crippen LogP contribution in [0, 0.1) is 56.7 Å². The van der Waals surface area contributed by atoms with Crippen molar-refractivity contribution in [2.24, 2.45) is 56.7 Å². The average molecular weight is 549 g/mol. The summed E-state index contributed by atoms with van der Waals surface area (Å²) in [6, 6.07) is 9.99. The molecule has 5 aliphatic rings. The molecular weight excluding hydrogens is 492 g/mol. The highest BCUT2D eigenvalue weighted by molar-refractivity contribution is 5.78. The van der Waals surface area contributed by atoms with Crippen molar-refractivity contribution in [3.63, 3.8) is 0 Å².